The molecule has 8 heteroatoms. The van der Waals surface area contributed by atoms with Gasteiger partial charge in [0.25, 0.3) is 5.91 Å². The van der Waals surface area contributed by atoms with E-state index in [-0.39, 0.29) is 5.91 Å². The molecule has 0 unspecified atom stereocenters. The van der Waals surface area contributed by atoms with E-state index in [2.05, 4.69) is 25.2 Å². The van der Waals surface area contributed by atoms with E-state index in [4.69, 9.17) is 11.6 Å². The minimum Gasteiger partial charge on any atom is -0.353 e. The Morgan fingerprint density at radius 1 is 0.929 bits per heavy atom. The van der Waals surface area contributed by atoms with Crippen molar-refractivity contribution in [2.75, 3.05) is 36.4 Å². The highest BCUT2D eigenvalue weighted by Crippen LogP contribution is 2.23. The first-order valence-electron chi connectivity index (χ1n) is 8.99. The maximum absolute atomic E-state index is 12.7. The van der Waals surface area contributed by atoms with Crippen molar-refractivity contribution in [1.82, 2.24) is 19.9 Å². The molecule has 1 aromatic carbocycles. The summed E-state index contributed by atoms with van der Waals surface area (Å²) in [5.74, 6) is 1.27. The first-order chi connectivity index (χ1) is 13.7. The number of piperazine rings is 1. The monoisotopic (exact) mass is 394 g/mol. The van der Waals surface area contributed by atoms with E-state index in [0.29, 0.717) is 35.3 Å². The second-order valence-corrected chi connectivity index (χ2v) is 6.77. The number of carbonyl (C=O) groups is 1. The number of nitrogens with one attached hydrogen (secondary N) is 1. The molecule has 0 bridgehead atoms. The average Bonchev–Trinajstić information content (AvgIpc) is 2.76. The van der Waals surface area contributed by atoms with Gasteiger partial charge in [0.05, 0.1) is 16.3 Å². The molecule has 1 saturated heterocycles. The Morgan fingerprint density at radius 2 is 1.64 bits per heavy atom. The second kappa shape index (κ2) is 8.22. The predicted octanol–water partition coefficient (Wildman–Crippen LogP) is 3.23. The number of para-hydroxylation sites is 1. The van der Waals surface area contributed by atoms with Gasteiger partial charge in [0.15, 0.2) is 0 Å². The summed E-state index contributed by atoms with van der Waals surface area (Å²) < 4.78 is 0. The number of hydrogen-bond donors (Lipinski definition) is 1. The largest absolute Gasteiger partial charge is 0.353 e. The molecule has 4 rings (SSSR count). The zero-order chi connectivity index (χ0) is 19.3. The van der Waals surface area contributed by atoms with E-state index in [0.717, 1.165) is 18.9 Å². The quantitative estimate of drug-likeness (QED) is 0.732. The molecule has 1 aliphatic heterocycles. The molecular weight excluding hydrogens is 376 g/mol. The average molecular weight is 395 g/mol. The van der Waals surface area contributed by atoms with E-state index in [9.17, 15) is 4.79 Å². The summed E-state index contributed by atoms with van der Waals surface area (Å²) in [6, 6.07) is 13.2. The molecule has 0 aliphatic carbocycles. The summed E-state index contributed by atoms with van der Waals surface area (Å²) in [5.41, 5.74) is 1.19. The smallest absolute Gasteiger partial charge is 0.257 e. The molecule has 1 N–H and O–H groups in total. The van der Waals surface area contributed by atoms with Crippen LogP contribution in [0.3, 0.4) is 0 Å². The van der Waals surface area contributed by atoms with Crippen LogP contribution >= 0.6 is 11.6 Å². The molecule has 3 aromatic rings. The number of pyridine rings is 1. The molecule has 0 radical (unpaired) electrons. The van der Waals surface area contributed by atoms with Gasteiger partial charge in [-0.25, -0.2) is 15.0 Å². The molecule has 0 spiro atoms. The SMILES string of the molecule is O=C(c1cnc(Nc2ccccc2Cl)nc1)N1CCN(c2ccccn2)CC1. The zero-order valence-corrected chi connectivity index (χ0v) is 15.9. The van der Waals surface area contributed by atoms with Crippen molar-refractivity contribution in [3.8, 4) is 0 Å². The summed E-state index contributed by atoms with van der Waals surface area (Å²) in [5, 5.41) is 3.63. The van der Waals surface area contributed by atoms with Gasteiger partial charge in [0.1, 0.15) is 5.82 Å². The number of nitrogens with zero attached hydrogens (tertiary/aromatic N) is 5. The summed E-state index contributed by atoms with van der Waals surface area (Å²) in [6.45, 7) is 2.76. The van der Waals surface area contributed by atoms with Crippen LogP contribution < -0.4 is 10.2 Å². The third kappa shape index (κ3) is 4.04. The Hall–Kier alpha value is -3.19. The van der Waals surface area contributed by atoms with Gasteiger partial charge in [-0.1, -0.05) is 29.8 Å². The maximum atomic E-state index is 12.7. The van der Waals surface area contributed by atoms with E-state index in [1.807, 2.05) is 41.3 Å². The Kier molecular flexibility index (Phi) is 5.34. The van der Waals surface area contributed by atoms with Gasteiger partial charge >= 0.3 is 0 Å². The van der Waals surface area contributed by atoms with Crippen LogP contribution in [-0.2, 0) is 0 Å². The van der Waals surface area contributed by atoms with Crippen molar-refractivity contribution >= 4 is 35.0 Å². The van der Waals surface area contributed by atoms with Crippen molar-refractivity contribution in [3.63, 3.8) is 0 Å². The molecule has 3 heterocycles. The number of aromatic nitrogens is 3. The minimum absolute atomic E-state index is 0.0648. The normalized spacial score (nSPS) is 14.0. The molecule has 7 nitrogen and oxygen atoms in total. The van der Waals surface area contributed by atoms with Gasteiger partial charge in [-0.3, -0.25) is 4.79 Å². The topological polar surface area (TPSA) is 74.2 Å². The highest BCUT2D eigenvalue weighted by atomic mass is 35.5. The van der Waals surface area contributed by atoms with Crippen LogP contribution in [0.1, 0.15) is 10.4 Å². The van der Waals surface area contributed by atoms with Crippen LogP contribution in [-0.4, -0.2) is 51.9 Å². The third-order valence-corrected chi connectivity index (χ3v) is 4.89. The maximum Gasteiger partial charge on any atom is 0.257 e. The first-order valence-corrected chi connectivity index (χ1v) is 9.37. The van der Waals surface area contributed by atoms with Gasteiger partial charge < -0.3 is 15.1 Å². The summed E-state index contributed by atoms with van der Waals surface area (Å²) in [6.07, 6.45) is 4.86. The minimum atomic E-state index is -0.0648. The van der Waals surface area contributed by atoms with Crippen LogP contribution in [0.5, 0.6) is 0 Å². The van der Waals surface area contributed by atoms with Crippen LogP contribution in [0.2, 0.25) is 5.02 Å². The number of benzene rings is 1. The molecular formula is C20H19ClN6O. The lowest BCUT2D eigenvalue weighted by Gasteiger charge is -2.35. The summed E-state index contributed by atoms with van der Waals surface area (Å²) in [7, 11) is 0. The number of carbonyl (C=O) groups excluding carboxylic acids is 1. The zero-order valence-electron chi connectivity index (χ0n) is 15.1. The molecule has 1 fully saturated rings. The number of rotatable bonds is 4. The lowest BCUT2D eigenvalue weighted by Crippen LogP contribution is -2.49. The standard InChI is InChI=1S/C20H19ClN6O/c21-16-5-1-2-6-17(16)25-20-23-13-15(14-24-20)19(28)27-11-9-26(10-12-27)18-7-3-4-8-22-18/h1-8,13-14H,9-12H2,(H,23,24,25). The highest BCUT2D eigenvalue weighted by Gasteiger charge is 2.23. The lowest BCUT2D eigenvalue weighted by atomic mass is 10.2. The van der Waals surface area contributed by atoms with E-state index in [1.54, 1.807) is 24.7 Å². The van der Waals surface area contributed by atoms with Gasteiger partial charge in [0.2, 0.25) is 5.95 Å². The molecule has 28 heavy (non-hydrogen) atoms. The first kappa shape index (κ1) is 18.2. The number of amides is 1. The van der Waals surface area contributed by atoms with Crippen LogP contribution in [0.25, 0.3) is 0 Å². The number of anilines is 3. The van der Waals surface area contributed by atoms with Gasteiger partial charge in [-0.2, -0.15) is 0 Å². The van der Waals surface area contributed by atoms with Crippen LogP contribution in [0.15, 0.2) is 61.1 Å². The van der Waals surface area contributed by atoms with Gasteiger partial charge in [-0.05, 0) is 24.3 Å². The molecule has 0 saturated carbocycles. The second-order valence-electron chi connectivity index (χ2n) is 6.37. The van der Waals surface area contributed by atoms with Crippen molar-refractivity contribution < 1.29 is 4.79 Å². The van der Waals surface area contributed by atoms with Crippen molar-refractivity contribution in [1.29, 1.82) is 0 Å². The molecule has 142 valence electrons. The number of halogens is 1. The van der Waals surface area contributed by atoms with E-state index < -0.39 is 0 Å². The van der Waals surface area contributed by atoms with Crippen molar-refractivity contribution in [2.24, 2.45) is 0 Å². The Morgan fingerprint density at radius 3 is 2.32 bits per heavy atom. The fraction of sp³-hybridized carbons (Fsp3) is 0.200. The van der Waals surface area contributed by atoms with E-state index >= 15 is 0 Å². The van der Waals surface area contributed by atoms with Gasteiger partial charge in [0, 0.05) is 44.8 Å². The fourth-order valence-corrected chi connectivity index (χ4v) is 3.23. The van der Waals surface area contributed by atoms with Gasteiger partial charge in [-0.15, -0.1) is 0 Å². The Bertz CT molecular complexity index is 942. The molecule has 2 aromatic heterocycles. The molecule has 1 aliphatic rings. The lowest BCUT2D eigenvalue weighted by molar-refractivity contribution is 0.0745. The van der Waals surface area contributed by atoms with Crippen molar-refractivity contribution in [2.45, 2.75) is 0 Å². The van der Waals surface area contributed by atoms with E-state index in [1.165, 1.54) is 0 Å². The fourth-order valence-electron chi connectivity index (χ4n) is 3.05. The number of hydrogen-bond acceptors (Lipinski definition) is 6. The molecule has 0 atom stereocenters. The highest BCUT2D eigenvalue weighted by molar-refractivity contribution is 6.33. The van der Waals surface area contributed by atoms with Crippen LogP contribution in [0.4, 0.5) is 17.5 Å². The summed E-state index contributed by atoms with van der Waals surface area (Å²) in [4.78, 5) is 29.6. The Labute approximate surface area is 168 Å². The van der Waals surface area contributed by atoms with Crippen molar-refractivity contribution in [3.05, 3.63) is 71.6 Å². The Balaban J connectivity index is 1.37. The third-order valence-electron chi connectivity index (χ3n) is 4.56. The summed E-state index contributed by atoms with van der Waals surface area (Å²) >= 11 is 6.13. The predicted molar refractivity (Wildman–Crippen MR) is 109 cm³/mol. The molecule has 1 amide bonds. The van der Waals surface area contributed by atoms with Crippen LogP contribution in [0, 0.1) is 0 Å².